The van der Waals surface area contributed by atoms with E-state index >= 15 is 0 Å². The second-order valence-electron chi connectivity index (χ2n) is 4.36. The molecule has 0 bridgehead atoms. The Bertz CT molecular complexity index is 866. The highest BCUT2D eigenvalue weighted by atomic mass is 32.1. The predicted molar refractivity (Wildman–Crippen MR) is 78.4 cm³/mol. The standard InChI is InChI=1S/C13H11N5O3S/c1-7-16-9(6-22-7)13(20)15-5-10-17-11(18-21-10)8-3-2-4-14-12(8)19/h2-4,6H,5H2,1H3,(H,14,19)(H,15,20). The van der Waals surface area contributed by atoms with Crippen LogP contribution in [0.1, 0.15) is 21.4 Å². The minimum Gasteiger partial charge on any atom is -0.342 e. The number of H-pyrrole nitrogens is 1. The maximum absolute atomic E-state index is 11.9. The van der Waals surface area contributed by atoms with Crippen molar-refractivity contribution in [1.82, 2.24) is 25.4 Å². The molecule has 9 heteroatoms. The maximum Gasteiger partial charge on any atom is 0.271 e. The van der Waals surface area contributed by atoms with Gasteiger partial charge in [-0.25, -0.2) is 4.98 Å². The van der Waals surface area contributed by atoms with E-state index in [0.29, 0.717) is 11.3 Å². The number of aromatic amines is 1. The third-order valence-electron chi connectivity index (χ3n) is 2.78. The third kappa shape index (κ3) is 2.93. The second kappa shape index (κ2) is 5.90. The highest BCUT2D eigenvalue weighted by molar-refractivity contribution is 7.09. The molecule has 0 aliphatic carbocycles. The molecule has 3 rings (SSSR count). The molecule has 3 aromatic rings. The Hall–Kier alpha value is -2.81. The van der Waals surface area contributed by atoms with E-state index in [2.05, 4.69) is 25.4 Å². The summed E-state index contributed by atoms with van der Waals surface area (Å²) in [5, 5.41) is 8.85. The maximum atomic E-state index is 11.9. The van der Waals surface area contributed by atoms with Gasteiger partial charge in [0.2, 0.25) is 11.7 Å². The summed E-state index contributed by atoms with van der Waals surface area (Å²) in [4.78, 5) is 34.2. The summed E-state index contributed by atoms with van der Waals surface area (Å²) in [7, 11) is 0. The highest BCUT2D eigenvalue weighted by Crippen LogP contribution is 2.11. The van der Waals surface area contributed by atoms with Gasteiger partial charge in [-0.05, 0) is 19.1 Å². The number of rotatable bonds is 4. The molecule has 1 amide bonds. The number of nitrogens with one attached hydrogen (secondary N) is 2. The molecule has 0 spiro atoms. The number of thiazole rings is 1. The minimum atomic E-state index is -0.318. The summed E-state index contributed by atoms with van der Waals surface area (Å²) in [6.45, 7) is 1.89. The zero-order chi connectivity index (χ0) is 15.5. The van der Waals surface area contributed by atoms with Crippen LogP contribution in [0.15, 0.2) is 33.0 Å². The van der Waals surface area contributed by atoms with Crippen LogP contribution >= 0.6 is 11.3 Å². The Labute approximate surface area is 128 Å². The molecule has 112 valence electrons. The van der Waals surface area contributed by atoms with Gasteiger partial charge in [-0.3, -0.25) is 9.59 Å². The van der Waals surface area contributed by atoms with Gasteiger partial charge in [-0.2, -0.15) is 4.98 Å². The van der Waals surface area contributed by atoms with Crippen molar-refractivity contribution in [3.8, 4) is 11.4 Å². The summed E-state index contributed by atoms with van der Waals surface area (Å²) in [5.74, 6) is 0.0656. The first-order valence-electron chi connectivity index (χ1n) is 6.34. The first-order chi connectivity index (χ1) is 10.6. The summed E-state index contributed by atoms with van der Waals surface area (Å²) in [6.07, 6.45) is 1.52. The van der Waals surface area contributed by atoms with Crippen molar-refractivity contribution < 1.29 is 9.32 Å². The molecule has 0 fully saturated rings. The summed E-state index contributed by atoms with van der Waals surface area (Å²) >= 11 is 1.40. The fraction of sp³-hybridized carbons (Fsp3) is 0.154. The van der Waals surface area contributed by atoms with Crippen LogP contribution in [-0.4, -0.2) is 26.0 Å². The first kappa shape index (κ1) is 14.1. The Kier molecular flexibility index (Phi) is 3.79. The summed E-state index contributed by atoms with van der Waals surface area (Å²) in [5.41, 5.74) is 0.345. The fourth-order valence-electron chi connectivity index (χ4n) is 1.75. The fourth-order valence-corrected chi connectivity index (χ4v) is 2.34. The van der Waals surface area contributed by atoms with Crippen LogP contribution in [0, 0.1) is 6.92 Å². The van der Waals surface area contributed by atoms with Gasteiger partial charge >= 0.3 is 0 Å². The number of hydrogen-bond acceptors (Lipinski definition) is 7. The van der Waals surface area contributed by atoms with Gasteiger partial charge < -0.3 is 14.8 Å². The second-order valence-corrected chi connectivity index (χ2v) is 5.42. The molecule has 8 nitrogen and oxygen atoms in total. The Morgan fingerprint density at radius 2 is 2.32 bits per heavy atom. The van der Waals surface area contributed by atoms with Gasteiger partial charge in [0, 0.05) is 11.6 Å². The Morgan fingerprint density at radius 3 is 3.05 bits per heavy atom. The molecule has 0 saturated carbocycles. The molecule has 0 aromatic carbocycles. The van der Waals surface area contributed by atoms with Crippen molar-refractivity contribution in [3.63, 3.8) is 0 Å². The van der Waals surface area contributed by atoms with Crippen molar-refractivity contribution in [2.45, 2.75) is 13.5 Å². The van der Waals surface area contributed by atoms with Gasteiger partial charge in [0.15, 0.2) is 0 Å². The number of hydrogen-bond donors (Lipinski definition) is 2. The quantitative estimate of drug-likeness (QED) is 0.745. The van der Waals surface area contributed by atoms with Crippen molar-refractivity contribution in [2.24, 2.45) is 0 Å². The van der Waals surface area contributed by atoms with E-state index in [9.17, 15) is 9.59 Å². The van der Waals surface area contributed by atoms with Gasteiger partial charge in [0.05, 0.1) is 17.1 Å². The number of nitrogens with zero attached hydrogens (tertiary/aromatic N) is 3. The lowest BCUT2D eigenvalue weighted by Crippen LogP contribution is -2.23. The van der Waals surface area contributed by atoms with Crippen LogP contribution < -0.4 is 10.9 Å². The molecule has 2 N–H and O–H groups in total. The van der Waals surface area contributed by atoms with E-state index in [-0.39, 0.29) is 29.7 Å². The molecule has 0 atom stereocenters. The molecule has 3 heterocycles. The average Bonchev–Trinajstić information content (AvgIpc) is 3.14. The number of pyridine rings is 1. The highest BCUT2D eigenvalue weighted by Gasteiger charge is 2.14. The molecule has 22 heavy (non-hydrogen) atoms. The van der Waals surface area contributed by atoms with Crippen LogP contribution in [0.4, 0.5) is 0 Å². The van der Waals surface area contributed by atoms with E-state index in [4.69, 9.17) is 4.52 Å². The third-order valence-corrected chi connectivity index (χ3v) is 3.55. The van der Waals surface area contributed by atoms with E-state index in [1.807, 2.05) is 6.92 Å². The molecular formula is C13H11N5O3S. The molecule has 0 aliphatic rings. The predicted octanol–water partition coefficient (Wildman–Crippen LogP) is 1.12. The lowest BCUT2D eigenvalue weighted by Gasteiger charge is -1.97. The molecule has 0 saturated heterocycles. The van der Waals surface area contributed by atoms with Crippen LogP contribution in [0.5, 0.6) is 0 Å². The summed E-state index contributed by atoms with van der Waals surface area (Å²) < 4.78 is 5.02. The average molecular weight is 317 g/mol. The SMILES string of the molecule is Cc1nc(C(=O)NCc2nc(-c3ccc[nH]c3=O)no2)cs1. The normalized spacial score (nSPS) is 10.6. The van der Waals surface area contributed by atoms with Gasteiger partial charge in [-0.1, -0.05) is 5.16 Å². The van der Waals surface area contributed by atoms with E-state index in [1.165, 1.54) is 17.5 Å². The minimum absolute atomic E-state index is 0.0626. The number of carbonyl (C=O) groups excluding carboxylic acids is 1. The van der Waals surface area contributed by atoms with Crippen molar-refractivity contribution in [1.29, 1.82) is 0 Å². The zero-order valence-corrected chi connectivity index (χ0v) is 12.3. The van der Waals surface area contributed by atoms with Crippen molar-refractivity contribution >= 4 is 17.2 Å². The lowest BCUT2D eigenvalue weighted by atomic mass is 10.3. The van der Waals surface area contributed by atoms with E-state index in [1.54, 1.807) is 17.5 Å². The number of carbonyl (C=O) groups is 1. The van der Waals surface area contributed by atoms with Gasteiger partial charge in [0.1, 0.15) is 5.69 Å². The van der Waals surface area contributed by atoms with Crippen LogP contribution in [-0.2, 0) is 6.54 Å². The monoisotopic (exact) mass is 317 g/mol. The van der Waals surface area contributed by atoms with E-state index in [0.717, 1.165) is 5.01 Å². The number of aryl methyl sites for hydroxylation is 1. The van der Waals surface area contributed by atoms with Crippen LogP contribution in [0.3, 0.4) is 0 Å². The molecule has 0 aliphatic heterocycles. The van der Waals surface area contributed by atoms with Crippen LogP contribution in [0.2, 0.25) is 0 Å². The molecular weight excluding hydrogens is 306 g/mol. The number of aromatic nitrogens is 4. The zero-order valence-electron chi connectivity index (χ0n) is 11.5. The molecule has 0 radical (unpaired) electrons. The largest absolute Gasteiger partial charge is 0.342 e. The van der Waals surface area contributed by atoms with Gasteiger partial charge in [0.25, 0.3) is 11.5 Å². The molecule has 3 aromatic heterocycles. The van der Waals surface area contributed by atoms with Crippen LogP contribution in [0.25, 0.3) is 11.4 Å². The Balaban J connectivity index is 1.69. The smallest absolute Gasteiger partial charge is 0.271 e. The Morgan fingerprint density at radius 1 is 1.45 bits per heavy atom. The topological polar surface area (TPSA) is 114 Å². The first-order valence-corrected chi connectivity index (χ1v) is 7.22. The number of amides is 1. The molecule has 0 unspecified atom stereocenters. The van der Waals surface area contributed by atoms with Crippen molar-refractivity contribution in [2.75, 3.05) is 0 Å². The van der Waals surface area contributed by atoms with E-state index < -0.39 is 0 Å². The van der Waals surface area contributed by atoms with Gasteiger partial charge in [-0.15, -0.1) is 11.3 Å². The summed E-state index contributed by atoms with van der Waals surface area (Å²) in [6, 6.07) is 3.25. The van der Waals surface area contributed by atoms with Crippen molar-refractivity contribution in [3.05, 3.63) is 50.7 Å². The lowest BCUT2D eigenvalue weighted by molar-refractivity contribution is 0.0942.